The summed E-state index contributed by atoms with van der Waals surface area (Å²) in [6.07, 6.45) is 1.52. The average Bonchev–Trinajstić information content (AvgIpc) is 2.70. The molecular weight excluding hydrogens is 386 g/mol. The summed E-state index contributed by atoms with van der Waals surface area (Å²) in [5.41, 5.74) is 2.01. The number of thioether (sulfide) groups is 1. The van der Waals surface area contributed by atoms with E-state index in [1.54, 1.807) is 6.92 Å². The number of fused-ring (bicyclic) bond motifs is 1. The van der Waals surface area contributed by atoms with Crippen LogP contribution in [-0.4, -0.2) is 28.3 Å². The molecule has 0 fully saturated rings. The van der Waals surface area contributed by atoms with Gasteiger partial charge in [0.2, 0.25) is 0 Å². The maximum Gasteiger partial charge on any atom is 0.337 e. The second kappa shape index (κ2) is 9.13. The van der Waals surface area contributed by atoms with E-state index in [2.05, 4.69) is 35.7 Å². The van der Waals surface area contributed by atoms with Crippen LogP contribution in [0.25, 0.3) is 0 Å². The molecule has 1 aliphatic rings. The minimum absolute atomic E-state index is 0.101. The van der Waals surface area contributed by atoms with Crippen LogP contribution in [0, 0.1) is 5.92 Å². The summed E-state index contributed by atoms with van der Waals surface area (Å²) >= 11 is 1.51. The van der Waals surface area contributed by atoms with Gasteiger partial charge < -0.3 is 15.0 Å². The lowest BCUT2D eigenvalue weighted by Gasteiger charge is -2.28. The first-order valence-corrected chi connectivity index (χ1v) is 10.5. The van der Waals surface area contributed by atoms with E-state index in [0.717, 1.165) is 11.3 Å². The SMILES string of the molecule is C=CCOC(=O)C1=C(C)Nc2nc(SCC(C)C)[nH]c(=O)c2[C@@H]1c1ccccc1. The maximum absolute atomic E-state index is 13.1. The van der Waals surface area contributed by atoms with Gasteiger partial charge in [-0.1, -0.05) is 68.6 Å². The predicted octanol–water partition coefficient (Wildman–Crippen LogP) is 4.08. The van der Waals surface area contributed by atoms with Crippen LogP contribution in [0.2, 0.25) is 0 Å². The molecule has 0 bridgehead atoms. The minimum Gasteiger partial charge on any atom is -0.458 e. The largest absolute Gasteiger partial charge is 0.458 e. The molecule has 2 aromatic rings. The first-order valence-electron chi connectivity index (χ1n) is 9.50. The number of nitrogens with zero attached hydrogens (tertiary/aromatic N) is 1. The molecule has 0 amide bonds. The lowest BCUT2D eigenvalue weighted by atomic mass is 9.82. The molecule has 29 heavy (non-hydrogen) atoms. The molecule has 6 nitrogen and oxygen atoms in total. The third-order valence-corrected chi connectivity index (χ3v) is 5.76. The van der Waals surface area contributed by atoms with Crippen molar-refractivity contribution in [3.63, 3.8) is 0 Å². The van der Waals surface area contributed by atoms with Gasteiger partial charge in [0, 0.05) is 11.4 Å². The number of anilines is 1. The van der Waals surface area contributed by atoms with Crippen molar-refractivity contribution < 1.29 is 9.53 Å². The molecule has 1 aliphatic heterocycles. The third kappa shape index (κ3) is 4.62. The first kappa shape index (κ1) is 20.9. The summed E-state index contributed by atoms with van der Waals surface area (Å²) in [5, 5.41) is 3.71. The fourth-order valence-corrected chi connectivity index (χ4v) is 4.02. The Balaban J connectivity index is 2.12. The minimum atomic E-state index is -0.565. The molecule has 2 heterocycles. The van der Waals surface area contributed by atoms with Crippen LogP contribution in [0.4, 0.5) is 5.82 Å². The number of hydrogen-bond donors (Lipinski definition) is 2. The Bertz CT molecular complexity index is 996. The standard InChI is InChI=1S/C22H25N3O3S/c1-5-11-28-21(27)16-14(4)23-19-18(17(16)15-9-7-6-8-10-15)20(26)25-22(24-19)29-12-13(2)3/h5-10,13,17H,1,11-12H2,2-4H3,(H2,23,24,25,26)/t17-/m1/s1. The number of carbonyl (C=O) groups is 1. The van der Waals surface area contributed by atoms with Crippen LogP contribution in [0.3, 0.4) is 0 Å². The fraction of sp³-hybridized carbons (Fsp3) is 0.318. The fourth-order valence-electron chi connectivity index (χ4n) is 3.21. The van der Waals surface area contributed by atoms with E-state index in [1.807, 2.05) is 30.3 Å². The second-order valence-corrected chi connectivity index (χ2v) is 8.24. The average molecular weight is 412 g/mol. The number of carbonyl (C=O) groups excluding carboxylic acids is 1. The quantitative estimate of drug-likeness (QED) is 0.309. The van der Waals surface area contributed by atoms with E-state index in [-0.39, 0.29) is 12.2 Å². The van der Waals surface area contributed by atoms with Gasteiger partial charge in [-0.05, 0) is 18.4 Å². The molecule has 2 N–H and O–H groups in total. The maximum atomic E-state index is 13.1. The van der Waals surface area contributed by atoms with Crippen molar-refractivity contribution in [2.45, 2.75) is 31.8 Å². The summed E-state index contributed by atoms with van der Waals surface area (Å²) in [4.78, 5) is 33.4. The topological polar surface area (TPSA) is 84.1 Å². The number of ether oxygens (including phenoxy) is 1. The number of hydrogen-bond acceptors (Lipinski definition) is 6. The molecule has 0 radical (unpaired) electrons. The zero-order chi connectivity index (χ0) is 21.0. The van der Waals surface area contributed by atoms with Gasteiger partial charge in [-0.15, -0.1) is 0 Å². The Morgan fingerprint density at radius 3 is 2.72 bits per heavy atom. The molecule has 1 atom stereocenters. The van der Waals surface area contributed by atoms with Crippen molar-refractivity contribution in [2.75, 3.05) is 17.7 Å². The van der Waals surface area contributed by atoms with Gasteiger partial charge in [-0.2, -0.15) is 0 Å². The van der Waals surface area contributed by atoms with E-state index in [9.17, 15) is 9.59 Å². The Morgan fingerprint density at radius 2 is 2.07 bits per heavy atom. The van der Waals surface area contributed by atoms with Crippen LogP contribution in [0.5, 0.6) is 0 Å². The lowest BCUT2D eigenvalue weighted by Crippen LogP contribution is -2.31. The highest BCUT2D eigenvalue weighted by atomic mass is 32.2. The van der Waals surface area contributed by atoms with Gasteiger partial charge in [0.15, 0.2) is 5.16 Å². The van der Waals surface area contributed by atoms with Crippen LogP contribution < -0.4 is 10.9 Å². The Kier molecular flexibility index (Phi) is 6.59. The zero-order valence-corrected chi connectivity index (χ0v) is 17.6. The molecule has 1 aromatic carbocycles. The monoisotopic (exact) mass is 411 g/mol. The normalized spacial score (nSPS) is 15.7. The van der Waals surface area contributed by atoms with Crippen molar-refractivity contribution in [3.05, 3.63) is 75.7 Å². The Hall–Kier alpha value is -2.80. The van der Waals surface area contributed by atoms with Gasteiger partial charge >= 0.3 is 5.97 Å². The zero-order valence-electron chi connectivity index (χ0n) is 16.8. The number of nitrogens with one attached hydrogen (secondary N) is 2. The number of benzene rings is 1. The predicted molar refractivity (Wildman–Crippen MR) is 116 cm³/mol. The highest BCUT2D eigenvalue weighted by Crippen LogP contribution is 2.40. The van der Waals surface area contributed by atoms with Crippen molar-refractivity contribution in [1.82, 2.24) is 9.97 Å². The summed E-state index contributed by atoms with van der Waals surface area (Å²) < 4.78 is 5.30. The summed E-state index contributed by atoms with van der Waals surface area (Å²) in [6, 6.07) is 9.45. The highest BCUT2D eigenvalue weighted by molar-refractivity contribution is 7.99. The molecule has 0 unspecified atom stereocenters. The molecule has 0 saturated carbocycles. The van der Waals surface area contributed by atoms with Crippen LogP contribution in [-0.2, 0) is 9.53 Å². The first-order chi connectivity index (χ1) is 13.9. The molecule has 1 aromatic heterocycles. The van der Waals surface area contributed by atoms with E-state index in [0.29, 0.717) is 33.7 Å². The third-order valence-electron chi connectivity index (χ3n) is 4.46. The number of aromatic nitrogens is 2. The highest BCUT2D eigenvalue weighted by Gasteiger charge is 2.36. The number of rotatable bonds is 7. The number of allylic oxidation sites excluding steroid dienone is 1. The van der Waals surface area contributed by atoms with Crippen molar-refractivity contribution >= 4 is 23.5 Å². The Morgan fingerprint density at radius 1 is 1.34 bits per heavy atom. The molecule has 7 heteroatoms. The number of esters is 1. The summed E-state index contributed by atoms with van der Waals surface area (Å²) in [6.45, 7) is 9.71. The van der Waals surface area contributed by atoms with Crippen LogP contribution in [0.15, 0.2) is 64.2 Å². The van der Waals surface area contributed by atoms with E-state index in [4.69, 9.17) is 4.74 Å². The summed E-state index contributed by atoms with van der Waals surface area (Å²) in [5.74, 6) is 0.751. The van der Waals surface area contributed by atoms with Crippen LogP contribution >= 0.6 is 11.8 Å². The molecule has 0 saturated heterocycles. The van der Waals surface area contributed by atoms with E-state index in [1.165, 1.54) is 17.8 Å². The van der Waals surface area contributed by atoms with Gasteiger partial charge in [0.05, 0.1) is 17.1 Å². The number of H-pyrrole nitrogens is 1. The molecular formula is C22H25N3O3S. The van der Waals surface area contributed by atoms with Crippen molar-refractivity contribution in [1.29, 1.82) is 0 Å². The van der Waals surface area contributed by atoms with Gasteiger partial charge in [0.25, 0.3) is 5.56 Å². The Labute approximate surface area is 174 Å². The molecule has 0 aliphatic carbocycles. The molecule has 0 spiro atoms. The van der Waals surface area contributed by atoms with Gasteiger partial charge in [-0.3, -0.25) is 4.79 Å². The van der Waals surface area contributed by atoms with E-state index < -0.39 is 11.9 Å². The van der Waals surface area contributed by atoms with Crippen molar-refractivity contribution in [3.8, 4) is 0 Å². The second-order valence-electron chi connectivity index (χ2n) is 7.23. The smallest absolute Gasteiger partial charge is 0.337 e. The molecule has 3 rings (SSSR count). The van der Waals surface area contributed by atoms with Crippen LogP contribution in [0.1, 0.15) is 37.8 Å². The molecule has 152 valence electrons. The lowest BCUT2D eigenvalue weighted by molar-refractivity contribution is -0.138. The number of aromatic amines is 1. The van der Waals surface area contributed by atoms with Gasteiger partial charge in [-0.25, -0.2) is 9.78 Å². The van der Waals surface area contributed by atoms with Gasteiger partial charge in [0.1, 0.15) is 12.4 Å². The van der Waals surface area contributed by atoms with E-state index >= 15 is 0 Å². The summed E-state index contributed by atoms with van der Waals surface area (Å²) in [7, 11) is 0. The van der Waals surface area contributed by atoms with Crippen molar-refractivity contribution in [2.24, 2.45) is 5.92 Å².